The number of likely N-dealkylation sites (N-methyl/N-ethyl adjacent to an activating group) is 1. The molecule has 1 saturated heterocycles. The van der Waals surface area contributed by atoms with Crippen LogP contribution < -0.4 is 5.32 Å². The molecule has 4 nitrogen and oxygen atoms in total. The maximum absolute atomic E-state index is 11.2. The van der Waals surface area contributed by atoms with Gasteiger partial charge in [-0.3, -0.25) is 4.79 Å². The lowest BCUT2D eigenvalue weighted by molar-refractivity contribution is -0.127. The smallest absolute Gasteiger partial charge is 0.236 e. The molecule has 1 atom stereocenters. The highest BCUT2D eigenvalue weighted by atomic mass is 16.5. The van der Waals surface area contributed by atoms with Crippen LogP contribution in [0.4, 0.5) is 0 Å². The molecule has 0 bridgehead atoms. The first kappa shape index (κ1) is 11.5. The second-order valence-corrected chi connectivity index (χ2v) is 4.00. The molecule has 1 aliphatic heterocycles. The monoisotopic (exact) mass is 200 g/mol. The Labute approximate surface area is 85.6 Å². The predicted molar refractivity (Wildman–Crippen MR) is 55.1 cm³/mol. The molecular weight excluding hydrogens is 180 g/mol. The lowest BCUT2D eigenvalue weighted by atomic mass is 10.0. The summed E-state index contributed by atoms with van der Waals surface area (Å²) in [5.41, 5.74) is 0. The van der Waals surface area contributed by atoms with Crippen LogP contribution in [0.5, 0.6) is 0 Å². The number of carbonyl (C=O) groups excluding carboxylic acids is 1. The zero-order valence-corrected chi connectivity index (χ0v) is 9.08. The molecule has 0 radical (unpaired) electrons. The Morgan fingerprint density at radius 3 is 2.93 bits per heavy atom. The Morgan fingerprint density at radius 2 is 2.36 bits per heavy atom. The molecule has 1 fully saturated rings. The number of carbonyl (C=O) groups is 1. The van der Waals surface area contributed by atoms with Crippen molar-refractivity contribution in [2.45, 2.75) is 12.8 Å². The fourth-order valence-corrected chi connectivity index (χ4v) is 1.51. The van der Waals surface area contributed by atoms with Crippen LogP contribution in [0, 0.1) is 5.92 Å². The van der Waals surface area contributed by atoms with E-state index in [0.29, 0.717) is 12.5 Å². The molecular formula is C10H20N2O2. The van der Waals surface area contributed by atoms with E-state index in [4.69, 9.17) is 4.74 Å². The molecule has 82 valence electrons. The zero-order valence-electron chi connectivity index (χ0n) is 9.08. The first-order valence-corrected chi connectivity index (χ1v) is 5.18. The maximum Gasteiger partial charge on any atom is 0.236 e. The summed E-state index contributed by atoms with van der Waals surface area (Å²) in [5.74, 6) is 0.709. The highest BCUT2D eigenvalue weighted by molar-refractivity contribution is 5.77. The van der Waals surface area contributed by atoms with Crippen molar-refractivity contribution in [1.29, 1.82) is 0 Å². The largest absolute Gasteiger partial charge is 0.381 e. The summed E-state index contributed by atoms with van der Waals surface area (Å²) < 4.78 is 5.35. The number of nitrogens with zero attached hydrogens (tertiary/aromatic N) is 1. The molecule has 1 amide bonds. The van der Waals surface area contributed by atoms with E-state index in [-0.39, 0.29) is 5.91 Å². The third-order valence-electron chi connectivity index (χ3n) is 2.46. The summed E-state index contributed by atoms with van der Waals surface area (Å²) >= 11 is 0. The van der Waals surface area contributed by atoms with Crippen molar-refractivity contribution in [3.05, 3.63) is 0 Å². The summed E-state index contributed by atoms with van der Waals surface area (Å²) in [4.78, 5) is 12.8. The highest BCUT2D eigenvalue weighted by Gasteiger charge is 2.13. The van der Waals surface area contributed by atoms with Crippen molar-refractivity contribution in [2.24, 2.45) is 5.92 Å². The maximum atomic E-state index is 11.2. The Kier molecular flexibility index (Phi) is 4.90. The molecule has 1 unspecified atom stereocenters. The van der Waals surface area contributed by atoms with Crippen molar-refractivity contribution in [3.8, 4) is 0 Å². The lowest BCUT2D eigenvalue weighted by Gasteiger charge is -2.22. The van der Waals surface area contributed by atoms with Gasteiger partial charge in [0.1, 0.15) is 0 Å². The first-order valence-electron chi connectivity index (χ1n) is 5.18. The molecule has 0 spiro atoms. The van der Waals surface area contributed by atoms with Crippen LogP contribution in [0.25, 0.3) is 0 Å². The first-order chi connectivity index (χ1) is 6.70. The van der Waals surface area contributed by atoms with E-state index >= 15 is 0 Å². The minimum atomic E-state index is 0.127. The van der Waals surface area contributed by atoms with E-state index in [1.165, 1.54) is 6.42 Å². The van der Waals surface area contributed by atoms with Crippen LogP contribution >= 0.6 is 0 Å². The van der Waals surface area contributed by atoms with Gasteiger partial charge in [0.25, 0.3) is 0 Å². The van der Waals surface area contributed by atoms with Crippen molar-refractivity contribution in [3.63, 3.8) is 0 Å². The van der Waals surface area contributed by atoms with Gasteiger partial charge in [-0.05, 0) is 18.8 Å². The van der Waals surface area contributed by atoms with Gasteiger partial charge in [0.15, 0.2) is 0 Å². The normalized spacial score (nSPS) is 22.0. The highest BCUT2D eigenvalue weighted by Crippen LogP contribution is 2.11. The molecule has 1 rings (SSSR count). The lowest BCUT2D eigenvalue weighted by Crippen LogP contribution is -2.37. The predicted octanol–water partition coefficient (Wildman–Crippen LogP) is 0.0908. The number of rotatable bonds is 4. The van der Waals surface area contributed by atoms with E-state index in [1.807, 2.05) is 0 Å². The van der Waals surface area contributed by atoms with Gasteiger partial charge in [-0.15, -0.1) is 0 Å². The Hall–Kier alpha value is -0.610. The number of ether oxygens (including phenoxy) is 1. The van der Waals surface area contributed by atoms with Crippen LogP contribution in [-0.2, 0) is 9.53 Å². The fraction of sp³-hybridized carbons (Fsp3) is 0.900. The van der Waals surface area contributed by atoms with Gasteiger partial charge in [0.05, 0.1) is 13.2 Å². The quantitative estimate of drug-likeness (QED) is 0.699. The summed E-state index contributed by atoms with van der Waals surface area (Å²) in [6.45, 7) is 3.05. The van der Waals surface area contributed by atoms with Crippen LogP contribution in [0.1, 0.15) is 12.8 Å². The van der Waals surface area contributed by atoms with E-state index in [2.05, 4.69) is 5.32 Å². The average molecular weight is 200 g/mol. The van der Waals surface area contributed by atoms with Crippen LogP contribution in [0.2, 0.25) is 0 Å². The summed E-state index contributed by atoms with van der Waals surface area (Å²) in [7, 11) is 3.54. The molecule has 0 saturated carbocycles. The molecule has 1 N–H and O–H groups in total. The van der Waals surface area contributed by atoms with Gasteiger partial charge >= 0.3 is 0 Å². The molecule has 4 heteroatoms. The second-order valence-electron chi connectivity index (χ2n) is 4.00. The number of hydrogen-bond acceptors (Lipinski definition) is 3. The average Bonchev–Trinajstić information content (AvgIpc) is 2.19. The van der Waals surface area contributed by atoms with Gasteiger partial charge in [-0.2, -0.15) is 0 Å². The number of hydrogen-bond donors (Lipinski definition) is 1. The molecule has 1 heterocycles. The van der Waals surface area contributed by atoms with Crippen molar-refractivity contribution >= 4 is 5.91 Å². The molecule has 0 aromatic carbocycles. The summed E-state index contributed by atoms with van der Waals surface area (Å²) in [6.07, 6.45) is 2.36. The SMILES string of the molecule is CN(C)C(=O)CNCC1CCCOC1. The van der Waals surface area contributed by atoms with Crippen LogP contribution in [-0.4, -0.2) is 51.2 Å². The standard InChI is InChI=1S/C10H20N2O2/c1-12(2)10(13)7-11-6-9-4-3-5-14-8-9/h9,11H,3-8H2,1-2H3. The topological polar surface area (TPSA) is 41.6 Å². The van der Waals surface area contributed by atoms with Gasteiger partial charge < -0.3 is 15.0 Å². The summed E-state index contributed by atoms with van der Waals surface area (Å²) in [5, 5.41) is 3.16. The second kappa shape index (κ2) is 5.98. The third-order valence-corrected chi connectivity index (χ3v) is 2.46. The Morgan fingerprint density at radius 1 is 1.57 bits per heavy atom. The van der Waals surface area contributed by atoms with Crippen molar-refractivity contribution in [1.82, 2.24) is 10.2 Å². The Balaban J connectivity index is 2.05. The van der Waals surface area contributed by atoms with Gasteiger partial charge in [-0.25, -0.2) is 0 Å². The Bertz CT molecular complexity index is 177. The minimum Gasteiger partial charge on any atom is -0.381 e. The summed E-state index contributed by atoms with van der Waals surface area (Å²) in [6, 6.07) is 0. The molecule has 14 heavy (non-hydrogen) atoms. The zero-order chi connectivity index (χ0) is 10.4. The van der Waals surface area contributed by atoms with Crippen molar-refractivity contribution in [2.75, 3.05) is 40.4 Å². The number of amides is 1. The van der Waals surface area contributed by atoms with E-state index in [9.17, 15) is 4.79 Å². The molecule has 0 aromatic heterocycles. The molecule has 1 aliphatic rings. The number of nitrogens with one attached hydrogen (secondary N) is 1. The third kappa shape index (κ3) is 4.07. The van der Waals surface area contributed by atoms with Crippen molar-refractivity contribution < 1.29 is 9.53 Å². The fourth-order valence-electron chi connectivity index (χ4n) is 1.51. The van der Waals surface area contributed by atoms with Crippen LogP contribution in [0.15, 0.2) is 0 Å². The van der Waals surface area contributed by atoms with Gasteiger partial charge in [-0.1, -0.05) is 0 Å². The van der Waals surface area contributed by atoms with Crippen LogP contribution in [0.3, 0.4) is 0 Å². The minimum absolute atomic E-state index is 0.127. The van der Waals surface area contributed by atoms with E-state index < -0.39 is 0 Å². The van der Waals surface area contributed by atoms with E-state index in [0.717, 1.165) is 26.2 Å². The molecule has 0 aromatic rings. The molecule has 0 aliphatic carbocycles. The van der Waals surface area contributed by atoms with Gasteiger partial charge in [0.2, 0.25) is 5.91 Å². The van der Waals surface area contributed by atoms with Gasteiger partial charge in [0, 0.05) is 27.2 Å². The van der Waals surface area contributed by atoms with E-state index in [1.54, 1.807) is 19.0 Å².